The van der Waals surface area contributed by atoms with Crippen LogP contribution < -0.4 is 5.32 Å². The normalized spacial score (nSPS) is 23.7. The second-order valence-corrected chi connectivity index (χ2v) is 6.26. The number of hydrogen-bond acceptors (Lipinski definition) is 1. The Morgan fingerprint density at radius 3 is 2.00 bits per heavy atom. The Bertz CT molecular complexity index is 526. The number of nitrogens with one attached hydrogen (secondary N) is 1. The highest BCUT2D eigenvalue weighted by Crippen LogP contribution is 2.33. The Labute approximate surface area is 128 Å². The van der Waals surface area contributed by atoms with Crippen LogP contribution in [0.4, 0.5) is 0 Å². The fraction of sp³-hybridized carbons (Fsp3) is 0.400. The summed E-state index contributed by atoms with van der Waals surface area (Å²) in [6.07, 6.45) is 5.19. The summed E-state index contributed by atoms with van der Waals surface area (Å²) >= 11 is 0. The van der Waals surface area contributed by atoms with Crippen molar-refractivity contribution in [1.82, 2.24) is 5.32 Å². The van der Waals surface area contributed by atoms with Gasteiger partial charge in [0.05, 0.1) is 0 Å². The SMILES string of the molecule is C[C@@H](NC1CCC(c2ccccc2)CC1)c1ccccc1. The molecule has 1 aliphatic rings. The van der Waals surface area contributed by atoms with Crippen LogP contribution in [0, 0.1) is 0 Å². The van der Waals surface area contributed by atoms with Crippen LogP contribution in [0.5, 0.6) is 0 Å². The van der Waals surface area contributed by atoms with Gasteiger partial charge in [-0.1, -0.05) is 60.7 Å². The van der Waals surface area contributed by atoms with Crippen molar-refractivity contribution in [2.75, 3.05) is 0 Å². The zero-order valence-corrected chi connectivity index (χ0v) is 12.8. The van der Waals surface area contributed by atoms with Crippen molar-refractivity contribution in [3.05, 3.63) is 71.8 Å². The molecule has 3 rings (SSSR count). The highest BCUT2D eigenvalue weighted by Gasteiger charge is 2.23. The van der Waals surface area contributed by atoms with Crippen molar-refractivity contribution in [3.63, 3.8) is 0 Å². The Balaban J connectivity index is 1.52. The average molecular weight is 279 g/mol. The van der Waals surface area contributed by atoms with Gasteiger partial charge >= 0.3 is 0 Å². The summed E-state index contributed by atoms with van der Waals surface area (Å²) in [5.74, 6) is 0.760. The van der Waals surface area contributed by atoms with Crippen molar-refractivity contribution < 1.29 is 0 Å². The molecule has 1 aliphatic carbocycles. The molecule has 21 heavy (non-hydrogen) atoms. The lowest BCUT2D eigenvalue weighted by Crippen LogP contribution is -2.34. The van der Waals surface area contributed by atoms with Gasteiger partial charge in [-0.2, -0.15) is 0 Å². The van der Waals surface area contributed by atoms with Crippen molar-refractivity contribution in [3.8, 4) is 0 Å². The van der Waals surface area contributed by atoms with Crippen LogP contribution >= 0.6 is 0 Å². The molecule has 0 bridgehead atoms. The molecular formula is C20H25N. The standard InChI is InChI=1S/C20H25N/c1-16(17-8-4-2-5-9-17)21-20-14-12-19(13-15-20)18-10-6-3-7-11-18/h2-11,16,19-21H,12-15H2,1H3/t16-,19?,20?/m1/s1. The average Bonchev–Trinajstić information content (AvgIpc) is 2.57. The third kappa shape index (κ3) is 3.74. The summed E-state index contributed by atoms with van der Waals surface area (Å²) in [7, 11) is 0. The van der Waals surface area contributed by atoms with Crippen molar-refractivity contribution in [2.45, 2.75) is 50.6 Å². The van der Waals surface area contributed by atoms with E-state index in [1.807, 2.05) is 0 Å². The van der Waals surface area contributed by atoms with Gasteiger partial charge in [-0.15, -0.1) is 0 Å². The molecule has 2 aromatic carbocycles. The second-order valence-electron chi connectivity index (χ2n) is 6.26. The molecule has 0 spiro atoms. The first kappa shape index (κ1) is 14.3. The minimum atomic E-state index is 0.449. The summed E-state index contributed by atoms with van der Waals surface area (Å²) < 4.78 is 0. The van der Waals surface area contributed by atoms with E-state index in [0.717, 1.165) is 5.92 Å². The van der Waals surface area contributed by atoms with Crippen LogP contribution in [-0.4, -0.2) is 6.04 Å². The zero-order chi connectivity index (χ0) is 14.5. The maximum atomic E-state index is 3.81. The van der Waals surface area contributed by atoms with E-state index in [0.29, 0.717) is 12.1 Å². The maximum Gasteiger partial charge on any atom is 0.0294 e. The van der Waals surface area contributed by atoms with E-state index >= 15 is 0 Å². The topological polar surface area (TPSA) is 12.0 Å². The first-order chi connectivity index (χ1) is 10.3. The minimum Gasteiger partial charge on any atom is -0.307 e. The molecule has 0 aromatic heterocycles. The molecule has 0 radical (unpaired) electrons. The second kappa shape index (κ2) is 6.91. The molecule has 0 unspecified atom stereocenters. The Morgan fingerprint density at radius 2 is 1.38 bits per heavy atom. The van der Waals surface area contributed by atoms with Crippen LogP contribution in [0.3, 0.4) is 0 Å². The smallest absolute Gasteiger partial charge is 0.0294 e. The molecule has 1 saturated carbocycles. The molecule has 1 fully saturated rings. The first-order valence-corrected chi connectivity index (χ1v) is 8.19. The van der Waals surface area contributed by atoms with E-state index < -0.39 is 0 Å². The predicted octanol–water partition coefficient (Wildman–Crippen LogP) is 5.06. The van der Waals surface area contributed by atoms with Crippen LogP contribution in [0.15, 0.2) is 60.7 Å². The lowest BCUT2D eigenvalue weighted by molar-refractivity contribution is 0.322. The van der Waals surface area contributed by atoms with E-state index in [4.69, 9.17) is 0 Å². The van der Waals surface area contributed by atoms with E-state index in [-0.39, 0.29) is 0 Å². The molecule has 0 heterocycles. The van der Waals surface area contributed by atoms with Gasteiger partial charge in [0.25, 0.3) is 0 Å². The van der Waals surface area contributed by atoms with E-state index in [1.54, 1.807) is 0 Å². The largest absolute Gasteiger partial charge is 0.307 e. The van der Waals surface area contributed by atoms with Gasteiger partial charge in [0.2, 0.25) is 0 Å². The summed E-state index contributed by atoms with van der Waals surface area (Å²) in [6, 6.07) is 22.9. The van der Waals surface area contributed by atoms with Gasteiger partial charge < -0.3 is 5.32 Å². The molecule has 1 atom stereocenters. The third-order valence-electron chi connectivity index (χ3n) is 4.78. The molecule has 1 N–H and O–H groups in total. The number of hydrogen-bond donors (Lipinski definition) is 1. The van der Waals surface area contributed by atoms with Gasteiger partial charge in [-0.05, 0) is 49.7 Å². The monoisotopic (exact) mass is 279 g/mol. The zero-order valence-electron chi connectivity index (χ0n) is 12.8. The molecule has 0 aliphatic heterocycles. The van der Waals surface area contributed by atoms with E-state index in [2.05, 4.69) is 72.9 Å². The summed E-state index contributed by atoms with van der Waals surface area (Å²) in [4.78, 5) is 0. The number of rotatable bonds is 4. The molecule has 1 heteroatoms. The van der Waals surface area contributed by atoms with Crippen molar-refractivity contribution in [1.29, 1.82) is 0 Å². The van der Waals surface area contributed by atoms with Crippen LogP contribution in [0.1, 0.15) is 55.7 Å². The quantitative estimate of drug-likeness (QED) is 0.824. The molecule has 2 aromatic rings. The first-order valence-electron chi connectivity index (χ1n) is 8.19. The van der Waals surface area contributed by atoms with Crippen LogP contribution in [0.2, 0.25) is 0 Å². The van der Waals surface area contributed by atoms with Gasteiger partial charge in [0.1, 0.15) is 0 Å². The molecule has 0 saturated heterocycles. The third-order valence-corrected chi connectivity index (χ3v) is 4.78. The van der Waals surface area contributed by atoms with Crippen molar-refractivity contribution in [2.24, 2.45) is 0 Å². The minimum absolute atomic E-state index is 0.449. The summed E-state index contributed by atoms with van der Waals surface area (Å²) in [5.41, 5.74) is 2.91. The highest BCUT2D eigenvalue weighted by atomic mass is 14.9. The van der Waals surface area contributed by atoms with Gasteiger partial charge in [-0.3, -0.25) is 0 Å². The lowest BCUT2D eigenvalue weighted by atomic mass is 9.81. The fourth-order valence-corrected chi connectivity index (χ4v) is 3.51. The van der Waals surface area contributed by atoms with E-state index in [1.165, 1.54) is 36.8 Å². The highest BCUT2D eigenvalue weighted by molar-refractivity contribution is 5.21. The van der Waals surface area contributed by atoms with Crippen LogP contribution in [-0.2, 0) is 0 Å². The molecular weight excluding hydrogens is 254 g/mol. The molecule has 1 nitrogen and oxygen atoms in total. The van der Waals surface area contributed by atoms with Crippen LogP contribution in [0.25, 0.3) is 0 Å². The van der Waals surface area contributed by atoms with Gasteiger partial charge in [0.15, 0.2) is 0 Å². The summed E-state index contributed by atoms with van der Waals surface area (Å²) in [5, 5.41) is 3.81. The molecule has 110 valence electrons. The number of benzene rings is 2. The Morgan fingerprint density at radius 1 is 0.810 bits per heavy atom. The van der Waals surface area contributed by atoms with Crippen molar-refractivity contribution >= 4 is 0 Å². The van der Waals surface area contributed by atoms with Gasteiger partial charge in [0, 0.05) is 12.1 Å². The van der Waals surface area contributed by atoms with Gasteiger partial charge in [-0.25, -0.2) is 0 Å². The summed E-state index contributed by atoms with van der Waals surface area (Å²) in [6.45, 7) is 2.28. The van der Waals surface area contributed by atoms with E-state index in [9.17, 15) is 0 Å². The predicted molar refractivity (Wildman–Crippen MR) is 89.4 cm³/mol. The Hall–Kier alpha value is -1.60. The maximum absolute atomic E-state index is 3.81. The molecule has 0 amide bonds. The Kier molecular flexibility index (Phi) is 4.72. The lowest BCUT2D eigenvalue weighted by Gasteiger charge is -2.31. The fourth-order valence-electron chi connectivity index (χ4n) is 3.51.